The first-order chi connectivity index (χ1) is 11.0. The first kappa shape index (κ1) is 17.1. The fraction of sp³-hybridized carbons (Fsp3) is 0.125. The number of halogens is 2. The van der Waals surface area contributed by atoms with Crippen LogP contribution < -0.4 is 15.4 Å². The highest BCUT2D eigenvalue weighted by molar-refractivity contribution is 6.42. The topological polar surface area (TPSA) is 67.4 Å². The number of amides is 2. The molecule has 0 atom stereocenters. The number of hydrogen-bond acceptors (Lipinski definition) is 3. The molecule has 0 aromatic heterocycles. The molecule has 2 aromatic carbocycles. The van der Waals surface area contributed by atoms with Crippen LogP contribution in [0.3, 0.4) is 0 Å². The highest BCUT2D eigenvalue weighted by atomic mass is 35.5. The first-order valence-corrected chi connectivity index (χ1v) is 7.43. The lowest BCUT2D eigenvalue weighted by atomic mass is 10.2. The van der Waals surface area contributed by atoms with E-state index in [4.69, 9.17) is 27.9 Å². The van der Waals surface area contributed by atoms with E-state index in [9.17, 15) is 9.59 Å². The van der Waals surface area contributed by atoms with Crippen LogP contribution in [0, 0.1) is 0 Å². The fourth-order valence-corrected chi connectivity index (χ4v) is 2.16. The van der Waals surface area contributed by atoms with E-state index in [1.165, 1.54) is 19.2 Å². The zero-order valence-electron chi connectivity index (χ0n) is 12.2. The van der Waals surface area contributed by atoms with Gasteiger partial charge in [0.15, 0.2) is 0 Å². The molecule has 7 heteroatoms. The number of hydrogen-bond donors (Lipinski definition) is 2. The Hall–Kier alpha value is -2.24. The van der Waals surface area contributed by atoms with Gasteiger partial charge < -0.3 is 15.4 Å². The minimum absolute atomic E-state index is 0.178. The number of rotatable bonds is 4. The summed E-state index contributed by atoms with van der Waals surface area (Å²) >= 11 is 11.6. The van der Waals surface area contributed by atoms with Crippen molar-refractivity contribution in [1.82, 2.24) is 5.32 Å². The number of anilines is 1. The summed E-state index contributed by atoms with van der Waals surface area (Å²) in [6, 6.07) is 11.8. The van der Waals surface area contributed by atoms with Crippen LogP contribution in [-0.2, 0) is 16.1 Å². The van der Waals surface area contributed by atoms with E-state index in [1.807, 2.05) is 12.1 Å². The van der Waals surface area contributed by atoms with Gasteiger partial charge in [-0.15, -0.1) is 0 Å². The lowest BCUT2D eigenvalue weighted by molar-refractivity contribution is -0.136. The molecule has 0 aliphatic heterocycles. The maximum atomic E-state index is 11.9. The number of methoxy groups -OCH3 is 1. The molecular formula is C16H14Cl2N2O3. The van der Waals surface area contributed by atoms with E-state index in [2.05, 4.69) is 10.6 Å². The second-order valence-corrected chi connectivity index (χ2v) is 5.39. The summed E-state index contributed by atoms with van der Waals surface area (Å²) in [5.41, 5.74) is 1.16. The van der Waals surface area contributed by atoms with Crippen LogP contribution >= 0.6 is 23.2 Å². The Morgan fingerprint density at radius 2 is 1.78 bits per heavy atom. The summed E-state index contributed by atoms with van der Waals surface area (Å²) < 4.78 is 5.18. The Morgan fingerprint density at radius 1 is 1.04 bits per heavy atom. The van der Waals surface area contributed by atoms with Gasteiger partial charge in [0.2, 0.25) is 0 Å². The molecule has 2 aromatic rings. The van der Waals surface area contributed by atoms with Crippen molar-refractivity contribution >= 4 is 40.7 Å². The molecule has 0 saturated carbocycles. The van der Waals surface area contributed by atoms with Gasteiger partial charge >= 0.3 is 11.8 Å². The normalized spacial score (nSPS) is 10.0. The van der Waals surface area contributed by atoms with Crippen molar-refractivity contribution in [2.75, 3.05) is 12.4 Å². The maximum absolute atomic E-state index is 11.9. The Bertz CT molecular complexity index is 735. The van der Waals surface area contributed by atoms with Crippen LogP contribution in [0.4, 0.5) is 5.69 Å². The molecule has 0 unspecified atom stereocenters. The van der Waals surface area contributed by atoms with Crippen molar-refractivity contribution in [3.05, 3.63) is 58.1 Å². The Labute approximate surface area is 143 Å². The highest BCUT2D eigenvalue weighted by Gasteiger charge is 2.14. The predicted octanol–water partition coefficient (Wildman–Crippen LogP) is 3.26. The van der Waals surface area contributed by atoms with Crippen LogP contribution in [0.1, 0.15) is 5.56 Å². The molecule has 0 spiro atoms. The van der Waals surface area contributed by atoms with Crippen molar-refractivity contribution < 1.29 is 14.3 Å². The summed E-state index contributed by atoms with van der Waals surface area (Å²) in [4.78, 5) is 23.7. The molecule has 0 aliphatic rings. The van der Waals surface area contributed by atoms with Crippen LogP contribution in [0.25, 0.3) is 0 Å². The van der Waals surface area contributed by atoms with Crippen molar-refractivity contribution in [3.63, 3.8) is 0 Å². The third-order valence-electron chi connectivity index (χ3n) is 3.02. The zero-order chi connectivity index (χ0) is 16.8. The lowest BCUT2D eigenvalue weighted by Crippen LogP contribution is -2.35. The predicted molar refractivity (Wildman–Crippen MR) is 89.9 cm³/mol. The van der Waals surface area contributed by atoms with Gasteiger partial charge in [0.1, 0.15) is 5.75 Å². The number of ether oxygens (including phenoxy) is 1. The van der Waals surface area contributed by atoms with Crippen molar-refractivity contribution in [3.8, 4) is 5.75 Å². The van der Waals surface area contributed by atoms with Crippen molar-refractivity contribution in [2.45, 2.75) is 6.54 Å². The molecule has 0 saturated heterocycles. The van der Waals surface area contributed by atoms with E-state index in [0.717, 1.165) is 5.56 Å². The molecule has 120 valence electrons. The number of nitrogens with one attached hydrogen (secondary N) is 2. The summed E-state index contributed by atoms with van der Waals surface area (Å²) in [7, 11) is 1.54. The van der Waals surface area contributed by atoms with Crippen LogP contribution in [0.15, 0.2) is 42.5 Å². The number of para-hydroxylation sites is 1. The minimum atomic E-state index is -0.793. The molecule has 0 radical (unpaired) electrons. The monoisotopic (exact) mass is 352 g/mol. The van der Waals surface area contributed by atoms with E-state index >= 15 is 0 Å². The molecular weight excluding hydrogens is 339 g/mol. The van der Waals surface area contributed by atoms with E-state index in [0.29, 0.717) is 21.5 Å². The fourth-order valence-electron chi connectivity index (χ4n) is 1.87. The molecule has 0 aliphatic carbocycles. The van der Waals surface area contributed by atoms with Gasteiger partial charge in [-0.05, 0) is 24.3 Å². The number of carbonyl (C=O) groups is 2. The third kappa shape index (κ3) is 4.61. The van der Waals surface area contributed by atoms with E-state index in [1.54, 1.807) is 18.2 Å². The molecule has 0 heterocycles. The first-order valence-electron chi connectivity index (χ1n) is 6.67. The molecule has 0 bridgehead atoms. The maximum Gasteiger partial charge on any atom is 0.313 e. The third-order valence-corrected chi connectivity index (χ3v) is 3.75. The second-order valence-electron chi connectivity index (χ2n) is 4.58. The van der Waals surface area contributed by atoms with E-state index in [-0.39, 0.29) is 6.54 Å². The van der Waals surface area contributed by atoms with Crippen LogP contribution in [-0.4, -0.2) is 18.9 Å². The standard InChI is InChI=1S/C16H14Cl2N2O3/c1-23-14-5-3-2-4-10(14)9-19-15(21)16(22)20-11-6-7-12(17)13(18)8-11/h2-8H,9H2,1H3,(H,19,21)(H,20,22). The average molecular weight is 353 g/mol. The van der Waals surface area contributed by atoms with E-state index < -0.39 is 11.8 Å². The smallest absolute Gasteiger partial charge is 0.313 e. The summed E-state index contributed by atoms with van der Waals surface area (Å²) in [5.74, 6) is -0.919. The van der Waals surface area contributed by atoms with Gasteiger partial charge in [-0.25, -0.2) is 0 Å². The number of carbonyl (C=O) groups excluding carboxylic acids is 2. The lowest BCUT2D eigenvalue weighted by Gasteiger charge is -2.10. The Balaban J connectivity index is 1.95. The highest BCUT2D eigenvalue weighted by Crippen LogP contribution is 2.24. The molecule has 2 amide bonds. The Morgan fingerprint density at radius 3 is 2.48 bits per heavy atom. The average Bonchev–Trinajstić information content (AvgIpc) is 2.56. The minimum Gasteiger partial charge on any atom is -0.496 e. The van der Waals surface area contributed by atoms with Gasteiger partial charge in [-0.2, -0.15) is 0 Å². The molecule has 23 heavy (non-hydrogen) atoms. The van der Waals surface area contributed by atoms with Crippen LogP contribution in [0.5, 0.6) is 5.75 Å². The van der Waals surface area contributed by atoms with Gasteiger partial charge in [-0.1, -0.05) is 41.4 Å². The zero-order valence-corrected chi connectivity index (χ0v) is 13.7. The van der Waals surface area contributed by atoms with Gasteiger partial charge in [0.25, 0.3) is 0 Å². The van der Waals surface area contributed by atoms with Crippen molar-refractivity contribution in [2.24, 2.45) is 0 Å². The van der Waals surface area contributed by atoms with Gasteiger partial charge in [0, 0.05) is 17.8 Å². The molecule has 0 fully saturated rings. The Kier molecular flexibility index (Phi) is 5.84. The van der Waals surface area contributed by atoms with Crippen LogP contribution in [0.2, 0.25) is 10.0 Å². The largest absolute Gasteiger partial charge is 0.496 e. The summed E-state index contributed by atoms with van der Waals surface area (Å²) in [6.45, 7) is 0.178. The second kappa shape index (κ2) is 7.85. The summed E-state index contributed by atoms with van der Waals surface area (Å²) in [5, 5.41) is 5.64. The summed E-state index contributed by atoms with van der Waals surface area (Å²) in [6.07, 6.45) is 0. The molecule has 2 rings (SSSR count). The quantitative estimate of drug-likeness (QED) is 0.830. The van der Waals surface area contributed by atoms with Gasteiger partial charge in [-0.3, -0.25) is 9.59 Å². The molecule has 2 N–H and O–H groups in total. The number of benzene rings is 2. The molecule has 5 nitrogen and oxygen atoms in total. The SMILES string of the molecule is COc1ccccc1CNC(=O)C(=O)Nc1ccc(Cl)c(Cl)c1. The van der Waals surface area contributed by atoms with Gasteiger partial charge in [0.05, 0.1) is 17.2 Å². The van der Waals surface area contributed by atoms with Crippen molar-refractivity contribution in [1.29, 1.82) is 0 Å².